The van der Waals surface area contributed by atoms with E-state index in [1.54, 1.807) is 0 Å². The molecule has 1 aromatic heterocycles. The van der Waals surface area contributed by atoms with E-state index in [1.165, 1.54) is 6.39 Å². The van der Waals surface area contributed by atoms with E-state index >= 15 is 0 Å². The second-order valence-electron chi connectivity index (χ2n) is 2.04. The van der Waals surface area contributed by atoms with Gasteiger partial charge < -0.3 is 9.73 Å². The van der Waals surface area contributed by atoms with Gasteiger partial charge in [-0.1, -0.05) is 5.10 Å². The summed E-state index contributed by atoms with van der Waals surface area (Å²) in [5.41, 5.74) is 0. The quantitative estimate of drug-likeness (QED) is 0.641. The molecule has 0 saturated carbocycles. The zero-order valence-corrected chi connectivity index (χ0v) is 5.46. The second-order valence-corrected chi connectivity index (χ2v) is 2.04. The Kier molecular flexibility index (Phi) is 1.67. The number of aromatic nitrogens is 2. The van der Waals surface area contributed by atoms with Crippen molar-refractivity contribution in [2.75, 3.05) is 5.32 Å². The van der Waals surface area contributed by atoms with Crippen molar-refractivity contribution < 1.29 is 4.42 Å². The van der Waals surface area contributed by atoms with Crippen molar-refractivity contribution in [2.45, 2.75) is 19.9 Å². The van der Waals surface area contributed by atoms with Gasteiger partial charge in [0.05, 0.1) is 0 Å². The van der Waals surface area contributed by atoms with Gasteiger partial charge in [0.15, 0.2) is 0 Å². The van der Waals surface area contributed by atoms with Gasteiger partial charge in [0, 0.05) is 6.04 Å². The summed E-state index contributed by atoms with van der Waals surface area (Å²) >= 11 is 0. The van der Waals surface area contributed by atoms with Crippen molar-refractivity contribution in [3.63, 3.8) is 0 Å². The Balaban J connectivity index is 2.48. The van der Waals surface area contributed by atoms with Crippen molar-refractivity contribution in [2.24, 2.45) is 0 Å². The van der Waals surface area contributed by atoms with Crippen LogP contribution in [0.1, 0.15) is 13.8 Å². The van der Waals surface area contributed by atoms with Gasteiger partial charge in [-0.15, -0.1) is 5.10 Å². The molecule has 0 aliphatic carbocycles. The van der Waals surface area contributed by atoms with Gasteiger partial charge >= 0.3 is 6.01 Å². The predicted octanol–water partition coefficient (Wildman–Crippen LogP) is 0.890. The fraction of sp³-hybridized carbons (Fsp3) is 0.600. The number of hydrogen-bond donors (Lipinski definition) is 1. The van der Waals surface area contributed by atoms with Crippen LogP contribution in [-0.2, 0) is 0 Å². The fourth-order valence-corrected chi connectivity index (χ4v) is 0.483. The highest BCUT2D eigenvalue weighted by Gasteiger charge is 1.97. The summed E-state index contributed by atoms with van der Waals surface area (Å²) in [7, 11) is 0. The first-order valence-corrected chi connectivity index (χ1v) is 2.82. The lowest BCUT2D eigenvalue weighted by atomic mass is 10.4. The first kappa shape index (κ1) is 6.07. The van der Waals surface area contributed by atoms with Crippen molar-refractivity contribution in [1.29, 1.82) is 0 Å². The van der Waals surface area contributed by atoms with Crippen LogP contribution in [-0.4, -0.2) is 16.2 Å². The van der Waals surface area contributed by atoms with E-state index in [-0.39, 0.29) is 0 Å². The Hall–Kier alpha value is -1.06. The molecular formula is C5H9N3O. The van der Waals surface area contributed by atoms with Gasteiger partial charge in [-0.2, -0.15) is 0 Å². The summed E-state index contributed by atoms with van der Waals surface area (Å²) in [6.45, 7) is 4.01. The summed E-state index contributed by atoms with van der Waals surface area (Å²) < 4.78 is 4.81. The third-order valence-electron chi connectivity index (χ3n) is 0.772. The number of anilines is 1. The lowest BCUT2D eigenvalue weighted by molar-refractivity contribution is 0.560. The summed E-state index contributed by atoms with van der Waals surface area (Å²) in [6.07, 6.45) is 1.30. The summed E-state index contributed by atoms with van der Waals surface area (Å²) in [4.78, 5) is 0. The molecule has 0 aliphatic heterocycles. The minimum Gasteiger partial charge on any atom is -0.411 e. The number of hydrogen-bond acceptors (Lipinski definition) is 4. The molecule has 0 aliphatic rings. The molecule has 0 bridgehead atoms. The lowest BCUT2D eigenvalue weighted by Gasteiger charge is -2.01. The predicted molar refractivity (Wildman–Crippen MR) is 33.1 cm³/mol. The molecule has 4 heteroatoms. The van der Waals surface area contributed by atoms with Crippen LogP contribution in [0.4, 0.5) is 6.01 Å². The first-order chi connectivity index (χ1) is 4.29. The van der Waals surface area contributed by atoms with Crippen molar-refractivity contribution in [3.05, 3.63) is 6.39 Å². The molecule has 0 spiro atoms. The zero-order chi connectivity index (χ0) is 6.69. The van der Waals surface area contributed by atoms with E-state index in [9.17, 15) is 0 Å². The lowest BCUT2D eigenvalue weighted by Crippen LogP contribution is -2.09. The molecule has 9 heavy (non-hydrogen) atoms. The highest BCUT2D eigenvalue weighted by molar-refractivity contribution is 5.16. The molecule has 1 aromatic rings. The second kappa shape index (κ2) is 2.48. The van der Waals surface area contributed by atoms with Gasteiger partial charge in [0.1, 0.15) is 0 Å². The maximum atomic E-state index is 4.81. The zero-order valence-electron chi connectivity index (χ0n) is 5.46. The summed E-state index contributed by atoms with van der Waals surface area (Å²) in [5, 5.41) is 10.1. The average molecular weight is 127 g/mol. The molecular weight excluding hydrogens is 118 g/mol. The minimum absolute atomic E-state index is 0.338. The van der Waals surface area contributed by atoms with Gasteiger partial charge in [-0.05, 0) is 13.8 Å². The maximum absolute atomic E-state index is 4.81. The Morgan fingerprint density at radius 1 is 1.67 bits per heavy atom. The fourth-order valence-electron chi connectivity index (χ4n) is 0.483. The van der Waals surface area contributed by atoms with Gasteiger partial charge in [0.2, 0.25) is 6.39 Å². The van der Waals surface area contributed by atoms with Crippen molar-refractivity contribution in [3.8, 4) is 0 Å². The highest BCUT2D eigenvalue weighted by atomic mass is 16.4. The standard InChI is InChI=1S/C5H9N3O/c1-4(2)7-5-8-6-3-9-5/h3-4H,1-2H3,(H,7,8). The van der Waals surface area contributed by atoms with Crippen LogP contribution >= 0.6 is 0 Å². The molecule has 4 nitrogen and oxygen atoms in total. The van der Waals surface area contributed by atoms with Crippen LogP contribution < -0.4 is 5.32 Å². The first-order valence-electron chi connectivity index (χ1n) is 2.82. The van der Waals surface area contributed by atoms with Crippen LogP contribution in [0.3, 0.4) is 0 Å². The molecule has 1 rings (SSSR count). The smallest absolute Gasteiger partial charge is 0.315 e. The molecule has 0 unspecified atom stereocenters. The van der Waals surface area contributed by atoms with Crippen LogP contribution in [0, 0.1) is 0 Å². The Morgan fingerprint density at radius 3 is 2.89 bits per heavy atom. The van der Waals surface area contributed by atoms with Crippen LogP contribution in [0.2, 0.25) is 0 Å². The maximum Gasteiger partial charge on any atom is 0.315 e. The van der Waals surface area contributed by atoms with E-state index in [1.807, 2.05) is 13.8 Å². The topological polar surface area (TPSA) is 51.0 Å². The third-order valence-corrected chi connectivity index (χ3v) is 0.772. The molecule has 0 fully saturated rings. The van der Waals surface area contributed by atoms with Gasteiger partial charge in [0.25, 0.3) is 0 Å². The molecule has 50 valence electrons. The van der Waals surface area contributed by atoms with E-state index in [4.69, 9.17) is 4.42 Å². The van der Waals surface area contributed by atoms with Gasteiger partial charge in [-0.25, -0.2) is 0 Å². The molecule has 1 heterocycles. The Bertz CT molecular complexity index is 159. The van der Waals surface area contributed by atoms with Crippen LogP contribution in [0.25, 0.3) is 0 Å². The van der Waals surface area contributed by atoms with Crippen molar-refractivity contribution in [1.82, 2.24) is 10.2 Å². The Labute approximate surface area is 53.3 Å². The molecule has 0 saturated heterocycles. The summed E-state index contributed by atoms with van der Waals surface area (Å²) in [5.74, 6) is 0. The summed E-state index contributed by atoms with van der Waals surface area (Å²) in [6, 6.07) is 0.815. The number of rotatable bonds is 2. The third kappa shape index (κ3) is 1.71. The van der Waals surface area contributed by atoms with E-state index in [0.717, 1.165) is 0 Å². The minimum atomic E-state index is 0.338. The number of nitrogens with zero attached hydrogens (tertiary/aromatic N) is 2. The Morgan fingerprint density at radius 2 is 2.44 bits per heavy atom. The van der Waals surface area contributed by atoms with Gasteiger partial charge in [-0.3, -0.25) is 0 Å². The van der Waals surface area contributed by atoms with Crippen LogP contribution in [0.5, 0.6) is 0 Å². The van der Waals surface area contributed by atoms with E-state index in [2.05, 4.69) is 15.5 Å². The average Bonchev–Trinajstić information content (AvgIpc) is 2.15. The normalized spacial score (nSPS) is 10.1. The van der Waals surface area contributed by atoms with E-state index < -0.39 is 0 Å². The largest absolute Gasteiger partial charge is 0.411 e. The van der Waals surface area contributed by atoms with Crippen LogP contribution in [0.15, 0.2) is 10.8 Å². The monoisotopic (exact) mass is 127 g/mol. The highest BCUT2D eigenvalue weighted by Crippen LogP contribution is 1.99. The number of nitrogens with one attached hydrogen (secondary N) is 1. The molecule has 0 amide bonds. The van der Waals surface area contributed by atoms with Crippen molar-refractivity contribution >= 4 is 6.01 Å². The molecule has 1 N–H and O–H groups in total. The molecule has 0 radical (unpaired) electrons. The SMILES string of the molecule is CC(C)Nc1nnco1. The molecule has 0 aromatic carbocycles. The van der Waals surface area contributed by atoms with E-state index in [0.29, 0.717) is 12.1 Å². The molecule has 0 atom stereocenters.